The van der Waals surface area contributed by atoms with E-state index < -0.39 is 11.9 Å². The van der Waals surface area contributed by atoms with E-state index in [-0.39, 0.29) is 5.91 Å². The molecule has 0 fully saturated rings. The van der Waals surface area contributed by atoms with Crippen LogP contribution < -0.4 is 10.6 Å². The van der Waals surface area contributed by atoms with Gasteiger partial charge in [-0.25, -0.2) is 4.79 Å². The second-order valence-electron chi connectivity index (χ2n) is 3.42. The second kappa shape index (κ2) is 6.19. The number of carboxylic acid groups (broad SMARTS) is 1. The molecule has 0 heterocycles. The van der Waals surface area contributed by atoms with Gasteiger partial charge in [0.05, 0.1) is 0 Å². The lowest BCUT2D eigenvalue weighted by molar-refractivity contribution is -0.131. The lowest BCUT2D eigenvalue weighted by Gasteiger charge is -2.04. The molecular formula is C12H12N2O4. The summed E-state index contributed by atoms with van der Waals surface area (Å²) in [7, 11) is 0. The van der Waals surface area contributed by atoms with Crippen LogP contribution in [0.2, 0.25) is 0 Å². The summed E-state index contributed by atoms with van der Waals surface area (Å²) in [6.45, 7) is 1.40. The van der Waals surface area contributed by atoms with Crippen LogP contribution in [0.5, 0.6) is 0 Å². The second-order valence-corrected chi connectivity index (χ2v) is 3.42. The first-order chi connectivity index (χ1) is 8.47. The largest absolute Gasteiger partial charge is 0.478 e. The summed E-state index contributed by atoms with van der Waals surface area (Å²) >= 11 is 0. The summed E-state index contributed by atoms with van der Waals surface area (Å²) in [4.78, 5) is 32.2. The summed E-state index contributed by atoms with van der Waals surface area (Å²) in [6.07, 6.45) is 1.67. The monoisotopic (exact) mass is 248 g/mol. The van der Waals surface area contributed by atoms with Crippen molar-refractivity contribution in [1.29, 1.82) is 0 Å². The zero-order chi connectivity index (χ0) is 13.5. The number of nitrogens with one attached hydrogen (secondary N) is 2. The molecule has 0 aliphatic rings. The topological polar surface area (TPSA) is 95.5 Å². The predicted octanol–water partition coefficient (Wildman–Crippen LogP) is 1.22. The van der Waals surface area contributed by atoms with Crippen LogP contribution >= 0.6 is 0 Å². The highest BCUT2D eigenvalue weighted by atomic mass is 16.4. The van der Waals surface area contributed by atoms with Crippen molar-refractivity contribution in [1.82, 2.24) is 0 Å². The van der Waals surface area contributed by atoms with Gasteiger partial charge in [0.15, 0.2) is 0 Å². The fraction of sp³-hybridized carbons (Fsp3) is 0.0833. The van der Waals surface area contributed by atoms with Crippen molar-refractivity contribution in [3.8, 4) is 0 Å². The standard InChI is InChI=1S/C12H12N2O4/c1-8(15)13-9-2-4-10(5-3-9)14-11(16)6-7-12(17)18/h2-7H,1H3,(H,13,15)(H,14,16)(H,17,18)/b7-6+. The summed E-state index contributed by atoms with van der Waals surface area (Å²) in [5.74, 6) is -1.91. The number of carbonyl (C=O) groups is 3. The van der Waals surface area contributed by atoms with Crippen LogP contribution in [0.25, 0.3) is 0 Å². The van der Waals surface area contributed by atoms with Gasteiger partial charge in [0.2, 0.25) is 11.8 Å². The zero-order valence-electron chi connectivity index (χ0n) is 9.64. The number of rotatable bonds is 4. The van der Waals surface area contributed by atoms with Gasteiger partial charge in [0.25, 0.3) is 0 Å². The Morgan fingerprint density at radius 1 is 1.00 bits per heavy atom. The van der Waals surface area contributed by atoms with E-state index >= 15 is 0 Å². The van der Waals surface area contributed by atoms with Gasteiger partial charge < -0.3 is 15.7 Å². The maximum absolute atomic E-state index is 11.2. The van der Waals surface area contributed by atoms with Crippen molar-refractivity contribution in [3.05, 3.63) is 36.4 Å². The molecule has 0 radical (unpaired) electrons. The molecule has 0 aromatic heterocycles. The SMILES string of the molecule is CC(=O)Nc1ccc(NC(=O)/C=C/C(=O)O)cc1. The van der Waals surface area contributed by atoms with Gasteiger partial charge in [-0.3, -0.25) is 9.59 Å². The first-order valence-corrected chi connectivity index (χ1v) is 5.07. The minimum atomic E-state index is -1.19. The van der Waals surface area contributed by atoms with E-state index in [9.17, 15) is 14.4 Å². The third-order valence-corrected chi connectivity index (χ3v) is 1.85. The Bertz CT molecular complexity index is 491. The molecule has 2 amide bonds. The van der Waals surface area contributed by atoms with Gasteiger partial charge in [-0.1, -0.05) is 0 Å². The molecule has 1 rings (SSSR count). The number of amides is 2. The molecule has 1 aromatic carbocycles. The van der Waals surface area contributed by atoms with E-state index in [0.29, 0.717) is 11.4 Å². The minimum Gasteiger partial charge on any atom is -0.478 e. The van der Waals surface area contributed by atoms with Gasteiger partial charge in [-0.2, -0.15) is 0 Å². The molecule has 0 aliphatic heterocycles. The number of hydrogen-bond acceptors (Lipinski definition) is 3. The van der Waals surface area contributed by atoms with E-state index in [1.165, 1.54) is 6.92 Å². The third-order valence-electron chi connectivity index (χ3n) is 1.85. The highest BCUT2D eigenvalue weighted by Crippen LogP contribution is 2.13. The van der Waals surface area contributed by atoms with Crippen molar-refractivity contribution >= 4 is 29.2 Å². The molecule has 18 heavy (non-hydrogen) atoms. The van der Waals surface area contributed by atoms with Crippen LogP contribution in [0.1, 0.15) is 6.92 Å². The normalized spacial score (nSPS) is 10.1. The number of aliphatic carboxylic acids is 1. The number of hydrogen-bond donors (Lipinski definition) is 3. The first kappa shape index (κ1) is 13.4. The van der Waals surface area contributed by atoms with Crippen LogP contribution in [0, 0.1) is 0 Å². The molecule has 0 spiro atoms. The maximum Gasteiger partial charge on any atom is 0.328 e. The molecule has 0 saturated heterocycles. The van der Waals surface area contributed by atoms with E-state index in [1.54, 1.807) is 24.3 Å². The van der Waals surface area contributed by atoms with E-state index in [2.05, 4.69) is 10.6 Å². The van der Waals surface area contributed by atoms with Crippen molar-refractivity contribution in [3.63, 3.8) is 0 Å². The Kier molecular flexibility index (Phi) is 4.62. The third kappa shape index (κ3) is 4.93. The van der Waals surface area contributed by atoms with Crippen LogP contribution in [0.15, 0.2) is 36.4 Å². The summed E-state index contributed by atoms with van der Waals surface area (Å²) < 4.78 is 0. The summed E-state index contributed by atoms with van der Waals surface area (Å²) in [5, 5.41) is 13.4. The Balaban J connectivity index is 2.61. The van der Waals surface area contributed by atoms with Gasteiger partial charge in [-0.15, -0.1) is 0 Å². The van der Waals surface area contributed by atoms with Crippen molar-refractivity contribution in [2.75, 3.05) is 10.6 Å². The van der Waals surface area contributed by atoms with Crippen molar-refractivity contribution in [2.24, 2.45) is 0 Å². The Morgan fingerprint density at radius 3 is 1.94 bits per heavy atom. The molecule has 0 unspecified atom stereocenters. The molecule has 0 aliphatic carbocycles. The van der Waals surface area contributed by atoms with Crippen LogP contribution in [0.3, 0.4) is 0 Å². The van der Waals surface area contributed by atoms with Gasteiger partial charge >= 0.3 is 5.97 Å². The van der Waals surface area contributed by atoms with E-state index in [0.717, 1.165) is 12.2 Å². The quantitative estimate of drug-likeness (QED) is 0.698. The molecule has 94 valence electrons. The molecule has 3 N–H and O–H groups in total. The molecule has 6 heteroatoms. The van der Waals surface area contributed by atoms with Crippen molar-refractivity contribution < 1.29 is 19.5 Å². The molecule has 1 aromatic rings. The minimum absolute atomic E-state index is 0.184. The lowest BCUT2D eigenvalue weighted by atomic mass is 10.2. The maximum atomic E-state index is 11.2. The highest BCUT2D eigenvalue weighted by molar-refractivity contribution is 6.02. The van der Waals surface area contributed by atoms with Gasteiger partial charge in [-0.05, 0) is 24.3 Å². The molecular weight excluding hydrogens is 236 g/mol. The molecule has 0 atom stereocenters. The zero-order valence-corrected chi connectivity index (χ0v) is 9.64. The number of carbonyl (C=O) groups excluding carboxylic acids is 2. The number of anilines is 2. The Morgan fingerprint density at radius 2 is 1.50 bits per heavy atom. The average molecular weight is 248 g/mol. The highest BCUT2D eigenvalue weighted by Gasteiger charge is 2.00. The lowest BCUT2D eigenvalue weighted by Crippen LogP contribution is -2.09. The molecule has 6 nitrogen and oxygen atoms in total. The van der Waals surface area contributed by atoms with Gasteiger partial charge in [0, 0.05) is 30.5 Å². The van der Waals surface area contributed by atoms with Crippen LogP contribution in [-0.2, 0) is 14.4 Å². The first-order valence-electron chi connectivity index (χ1n) is 5.07. The fourth-order valence-corrected chi connectivity index (χ4v) is 1.17. The van der Waals surface area contributed by atoms with Gasteiger partial charge in [0.1, 0.15) is 0 Å². The smallest absolute Gasteiger partial charge is 0.328 e. The summed E-state index contributed by atoms with van der Waals surface area (Å²) in [6, 6.07) is 6.44. The van der Waals surface area contributed by atoms with E-state index in [1.807, 2.05) is 0 Å². The molecule has 0 saturated carbocycles. The fourth-order valence-electron chi connectivity index (χ4n) is 1.17. The van der Waals surface area contributed by atoms with Crippen LogP contribution in [-0.4, -0.2) is 22.9 Å². The Hall–Kier alpha value is -2.63. The molecule has 0 bridgehead atoms. The average Bonchev–Trinajstić information content (AvgIpc) is 2.28. The predicted molar refractivity (Wildman–Crippen MR) is 66.2 cm³/mol. The van der Waals surface area contributed by atoms with Crippen molar-refractivity contribution in [2.45, 2.75) is 6.92 Å². The van der Waals surface area contributed by atoms with E-state index in [4.69, 9.17) is 5.11 Å². The number of carboxylic acids is 1. The Labute approximate surface area is 103 Å². The summed E-state index contributed by atoms with van der Waals surface area (Å²) in [5.41, 5.74) is 1.12. The van der Waals surface area contributed by atoms with Crippen LogP contribution in [0.4, 0.5) is 11.4 Å². The number of benzene rings is 1.